The summed E-state index contributed by atoms with van der Waals surface area (Å²) in [6, 6.07) is 0. The van der Waals surface area contributed by atoms with Crippen molar-refractivity contribution in [3.63, 3.8) is 0 Å². The van der Waals surface area contributed by atoms with Gasteiger partial charge in [0.2, 0.25) is 0 Å². The van der Waals surface area contributed by atoms with Crippen LogP contribution in [-0.4, -0.2) is 0 Å². The zero-order chi connectivity index (χ0) is 11.1. The summed E-state index contributed by atoms with van der Waals surface area (Å²) in [6.07, 6.45) is 10.8. The summed E-state index contributed by atoms with van der Waals surface area (Å²) in [4.78, 5) is 0. The van der Waals surface area contributed by atoms with E-state index in [2.05, 4.69) is 49.0 Å². The van der Waals surface area contributed by atoms with E-state index in [-0.39, 0.29) is 0 Å². The van der Waals surface area contributed by atoms with Crippen LogP contribution >= 0.6 is 0 Å². The summed E-state index contributed by atoms with van der Waals surface area (Å²) < 4.78 is 0. The largest absolute Gasteiger partial charge is 0.362 e. The van der Waals surface area contributed by atoms with Crippen molar-refractivity contribution in [2.75, 3.05) is 0 Å². The van der Waals surface area contributed by atoms with Crippen molar-refractivity contribution in [2.24, 2.45) is 0 Å². The Morgan fingerprint density at radius 3 is 2.75 bits per heavy atom. The fraction of sp³-hybridized carbons (Fsp3) is 0.286. The molecule has 2 nitrogen and oxygen atoms in total. The molecule has 0 spiro atoms. The van der Waals surface area contributed by atoms with Gasteiger partial charge in [0.25, 0.3) is 0 Å². The molecule has 0 aromatic heterocycles. The van der Waals surface area contributed by atoms with E-state index in [0.29, 0.717) is 0 Å². The average Bonchev–Trinajstić information content (AvgIpc) is 2.26. The predicted molar refractivity (Wildman–Crippen MR) is 66.2 cm³/mol. The fourth-order valence-corrected chi connectivity index (χ4v) is 2.42. The number of rotatable bonds is 0. The van der Waals surface area contributed by atoms with Crippen LogP contribution in [0.1, 0.15) is 26.7 Å². The van der Waals surface area contributed by atoms with Gasteiger partial charge in [-0.25, -0.2) is 0 Å². The maximum absolute atomic E-state index is 3.37. The van der Waals surface area contributed by atoms with Crippen molar-refractivity contribution in [2.45, 2.75) is 26.7 Å². The van der Waals surface area contributed by atoms with Gasteiger partial charge in [-0.2, -0.15) is 0 Å². The first-order chi connectivity index (χ1) is 7.72. The van der Waals surface area contributed by atoms with E-state index in [1.165, 1.54) is 33.7 Å². The molecule has 2 heteroatoms. The maximum Gasteiger partial charge on any atom is 0.0436 e. The van der Waals surface area contributed by atoms with Gasteiger partial charge in [0.05, 0.1) is 0 Å². The molecule has 0 saturated carbocycles. The standard InChI is InChI=1S/C14H16N2/c1-9-3-11-5-12-4-10(2)8-16-14(12)6-13(11)15-7-9/h3,6-8,15-16H,4-5H2,1-2H3. The molecular weight excluding hydrogens is 196 g/mol. The van der Waals surface area contributed by atoms with Crippen LogP contribution in [0.2, 0.25) is 0 Å². The third kappa shape index (κ3) is 1.51. The Balaban J connectivity index is 1.95. The highest BCUT2D eigenvalue weighted by atomic mass is 14.9. The third-order valence-electron chi connectivity index (χ3n) is 3.24. The molecule has 2 aliphatic heterocycles. The van der Waals surface area contributed by atoms with Gasteiger partial charge in [-0.1, -0.05) is 11.6 Å². The van der Waals surface area contributed by atoms with Gasteiger partial charge in [-0.15, -0.1) is 0 Å². The minimum absolute atomic E-state index is 1.07. The molecule has 0 saturated heterocycles. The van der Waals surface area contributed by atoms with E-state index < -0.39 is 0 Å². The highest BCUT2D eigenvalue weighted by Gasteiger charge is 2.20. The topological polar surface area (TPSA) is 24.1 Å². The van der Waals surface area contributed by atoms with Crippen LogP contribution in [0.15, 0.2) is 58.2 Å². The molecule has 0 radical (unpaired) electrons. The molecule has 3 aliphatic rings. The van der Waals surface area contributed by atoms with E-state index in [0.717, 1.165) is 12.8 Å². The lowest BCUT2D eigenvalue weighted by Crippen LogP contribution is -2.22. The number of hydrogen-bond acceptors (Lipinski definition) is 2. The van der Waals surface area contributed by atoms with Crippen LogP contribution in [0.3, 0.4) is 0 Å². The smallest absolute Gasteiger partial charge is 0.0436 e. The molecule has 0 amide bonds. The van der Waals surface area contributed by atoms with E-state index in [4.69, 9.17) is 0 Å². The lowest BCUT2D eigenvalue weighted by Gasteiger charge is -2.28. The second kappa shape index (κ2) is 3.41. The molecule has 0 aromatic carbocycles. The van der Waals surface area contributed by atoms with Crippen molar-refractivity contribution >= 4 is 0 Å². The normalized spacial score (nSPS) is 22.9. The molecule has 0 atom stereocenters. The molecule has 16 heavy (non-hydrogen) atoms. The van der Waals surface area contributed by atoms with Crippen LogP contribution in [0.5, 0.6) is 0 Å². The molecule has 1 aliphatic carbocycles. The molecule has 0 aromatic rings. The second-order valence-corrected chi connectivity index (χ2v) is 4.77. The first-order valence-electron chi connectivity index (χ1n) is 5.72. The minimum Gasteiger partial charge on any atom is -0.362 e. The molecule has 82 valence electrons. The zero-order valence-corrected chi connectivity index (χ0v) is 9.72. The summed E-state index contributed by atoms with van der Waals surface area (Å²) in [5.74, 6) is 0. The van der Waals surface area contributed by atoms with Gasteiger partial charge < -0.3 is 10.6 Å². The molecule has 2 heterocycles. The fourth-order valence-electron chi connectivity index (χ4n) is 2.42. The van der Waals surface area contributed by atoms with Gasteiger partial charge in [-0.05, 0) is 49.5 Å². The van der Waals surface area contributed by atoms with Crippen molar-refractivity contribution in [3.05, 3.63) is 58.2 Å². The van der Waals surface area contributed by atoms with Crippen LogP contribution in [0, 0.1) is 0 Å². The van der Waals surface area contributed by atoms with E-state index in [1.54, 1.807) is 0 Å². The lowest BCUT2D eigenvalue weighted by atomic mass is 9.87. The highest BCUT2D eigenvalue weighted by molar-refractivity contribution is 5.52. The molecule has 0 unspecified atom stereocenters. The number of nitrogens with one attached hydrogen (secondary N) is 2. The summed E-state index contributed by atoms with van der Waals surface area (Å²) in [5.41, 5.74) is 8.14. The second-order valence-electron chi connectivity index (χ2n) is 4.77. The number of fused-ring (bicyclic) bond motifs is 1. The lowest BCUT2D eigenvalue weighted by molar-refractivity contribution is 0.840. The monoisotopic (exact) mass is 212 g/mol. The summed E-state index contributed by atoms with van der Waals surface area (Å²) in [5, 5.41) is 6.72. The Hall–Kier alpha value is -1.70. The highest BCUT2D eigenvalue weighted by Crippen LogP contribution is 2.34. The van der Waals surface area contributed by atoms with E-state index in [9.17, 15) is 0 Å². The van der Waals surface area contributed by atoms with Crippen LogP contribution < -0.4 is 10.6 Å². The third-order valence-corrected chi connectivity index (χ3v) is 3.24. The Morgan fingerprint density at radius 1 is 1.00 bits per heavy atom. The molecular formula is C14H16N2. The van der Waals surface area contributed by atoms with Gasteiger partial charge in [0, 0.05) is 23.8 Å². The Labute approximate surface area is 96.1 Å². The minimum atomic E-state index is 1.07. The average molecular weight is 212 g/mol. The van der Waals surface area contributed by atoms with Crippen molar-refractivity contribution in [1.82, 2.24) is 10.6 Å². The predicted octanol–water partition coefficient (Wildman–Crippen LogP) is 2.86. The number of hydrogen-bond donors (Lipinski definition) is 2. The first-order valence-corrected chi connectivity index (χ1v) is 5.72. The summed E-state index contributed by atoms with van der Waals surface area (Å²) in [6.45, 7) is 4.31. The van der Waals surface area contributed by atoms with Gasteiger partial charge >= 0.3 is 0 Å². The quantitative estimate of drug-likeness (QED) is 0.645. The van der Waals surface area contributed by atoms with Crippen molar-refractivity contribution < 1.29 is 0 Å². The Bertz CT molecular complexity index is 499. The zero-order valence-electron chi connectivity index (χ0n) is 9.72. The Morgan fingerprint density at radius 2 is 1.88 bits per heavy atom. The van der Waals surface area contributed by atoms with Crippen molar-refractivity contribution in [3.8, 4) is 0 Å². The first kappa shape index (κ1) is 9.52. The van der Waals surface area contributed by atoms with Crippen LogP contribution in [-0.2, 0) is 0 Å². The SMILES string of the molecule is CC1=CNC2=CC3=C(CC(C)=CN3)CC2=C1. The maximum atomic E-state index is 3.37. The van der Waals surface area contributed by atoms with Gasteiger partial charge in [0.1, 0.15) is 0 Å². The Kier molecular flexibility index (Phi) is 2.03. The number of dihydropyridines is 2. The van der Waals surface area contributed by atoms with Crippen LogP contribution in [0.25, 0.3) is 0 Å². The number of allylic oxidation sites excluding steroid dienone is 6. The molecule has 0 bridgehead atoms. The molecule has 0 fully saturated rings. The summed E-state index contributed by atoms with van der Waals surface area (Å²) in [7, 11) is 0. The van der Waals surface area contributed by atoms with Gasteiger partial charge in [0.15, 0.2) is 0 Å². The van der Waals surface area contributed by atoms with E-state index in [1.807, 2.05) is 0 Å². The van der Waals surface area contributed by atoms with E-state index >= 15 is 0 Å². The van der Waals surface area contributed by atoms with Crippen molar-refractivity contribution in [1.29, 1.82) is 0 Å². The molecule has 3 rings (SSSR count). The van der Waals surface area contributed by atoms with Gasteiger partial charge in [-0.3, -0.25) is 0 Å². The van der Waals surface area contributed by atoms with Crippen LogP contribution in [0.4, 0.5) is 0 Å². The molecule has 2 N–H and O–H groups in total. The summed E-state index contributed by atoms with van der Waals surface area (Å²) >= 11 is 0.